The molecule has 0 aromatic rings. The van der Waals surface area contributed by atoms with Crippen LogP contribution in [0.25, 0.3) is 0 Å². The Balaban J connectivity index is 2.29. The zero-order valence-electron chi connectivity index (χ0n) is 8.01. The largest absolute Gasteiger partial charge is 0.383 e. The van der Waals surface area contributed by atoms with Gasteiger partial charge in [-0.05, 0) is 13.0 Å². The first-order valence-electron chi connectivity index (χ1n) is 4.68. The lowest BCUT2D eigenvalue weighted by Crippen LogP contribution is -2.40. The maximum Gasteiger partial charge on any atom is 0.0619 e. The summed E-state index contributed by atoms with van der Waals surface area (Å²) in [6.07, 6.45) is 1.17. The van der Waals surface area contributed by atoms with Gasteiger partial charge in [-0.1, -0.05) is 6.92 Å². The predicted octanol–water partition coefficient (Wildman–Crippen LogP) is 0.647. The molecule has 0 saturated carbocycles. The standard InChI is InChI=1S/C9H19NO2/c1-3-10-9(7-11-2)8-4-5-12-6-8/h8-10H,3-7H2,1-2H3. The van der Waals surface area contributed by atoms with Gasteiger partial charge in [0.1, 0.15) is 0 Å². The van der Waals surface area contributed by atoms with Crippen molar-refractivity contribution in [2.75, 3.05) is 33.5 Å². The molecule has 0 spiro atoms. The molecular formula is C9H19NO2. The normalized spacial score (nSPS) is 26.0. The second kappa shape index (κ2) is 5.51. The van der Waals surface area contributed by atoms with Crippen molar-refractivity contribution in [3.8, 4) is 0 Å². The number of hydrogen-bond acceptors (Lipinski definition) is 3. The summed E-state index contributed by atoms with van der Waals surface area (Å²) in [4.78, 5) is 0. The first kappa shape index (κ1) is 9.96. The molecule has 3 nitrogen and oxygen atoms in total. The summed E-state index contributed by atoms with van der Waals surface area (Å²) in [6, 6.07) is 0.475. The molecule has 3 heteroatoms. The molecule has 12 heavy (non-hydrogen) atoms. The van der Waals surface area contributed by atoms with Gasteiger partial charge in [-0.2, -0.15) is 0 Å². The summed E-state index contributed by atoms with van der Waals surface area (Å²) in [5.41, 5.74) is 0. The van der Waals surface area contributed by atoms with E-state index in [1.54, 1.807) is 7.11 Å². The number of nitrogens with one attached hydrogen (secondary N) is 1. The van der Waals surface area contributed by atoms with Crippen LogP contribution in [0.5, 0.6) is 0 Å². The third kappa shape index (κ3) is 2.73. The topological polar surface area (TPSA) is 30.5 Å². The van der Waals surface area contributed by atoms with E-state index in [1.165, 1.54) is 6.42 Å². The minimum atomic E-state index is 0.475. The second-order valence-corrected chi connectivity index (χ2v) is 3.24. The molecule has 0 aromatic heterocycles. The number of likely N-dealkylation sites (N-methyl/N-ethyl adjacent to an activating group) is 1. The molecule has 1 heterocycles. The third-order valence-corrected chi connectivity index (χ3v) is 2.35. The molecule has 1 aliphatic heterocycles. The molecule has 72 valence electrons. The highest BCUT2D eigenvalue weighted by molar-refractivity contribution is 4.78. The minimum Gasteiger partial charge on any atom is -0.383 e. The molecular weight excluding hydrogens is 154 g/mol. The molecule has 0 aromatic carbocycles. The van der Waals surface area contributed by atoms with Crippen LogP contribution in [0.2, 0.25) is 0 Å². The molecule has 1 saturated heterocycles. The first-order chi connectivity index (χ1) is 5.88. The van der Waals surface area contributed by atoms with Crippen LogP contribution in [0.15, 0.2) is 0 Å². The van der Waals surface area contributed by atoms with Gasteiger partial charge in [-0.25, -0.2) is 0 Å². The Morgan fingerprint density at radius 3 is 3.00 bits per heavy atom. The Kier molecular flexibility index (Phi) is 4.58. The lowest BCUT2D eigenvalue weighted by molar-refractivity contribution is 0.125. The van der Waals surface area contributed by atoms with Crippen molar-refractivity contribution >= 4 is 0 Å². The van der Waals surface area contributed by atoms with Crippen LogP contribution < -0.4 is 5.32 Å². The van der Waals surface area contributed by atoms with Crippen LogP contribution in [-0.4, -0.2) is 39.5 Å². The van der Waals surface area contributed by atoms with Gasteiger partial charge < -0.3 is 14.8 Å². The van der Waals surface area contributed by atoms with Crippen LogP contribution in [0, 0.1) is 5.92 Å². The van der Waals surface area contributed by atoms with Crippen LogP contribution in [0.1, 0.15) is 13.3 Å². The zero-order chi connectivity index (χ0) is 8.81. The summed E-state index contributed by atoms with van der Waals surface area (Å²) in [5, 5.41) is 3.42. The van der Waals surface area contributed by atoms with Gasteiger partial charge in [0.05, 0.1) is 13.2 Å². The molecule has 1 rings (SSSR count). The maximum absolute atomic E-state index is 5.34. The predicted molar refractivity (Wildman–Crippen MR) is 48.3 cm³/mol. The van der Waals surface area contributed by atoms with E-state index in [0.29, 0.717) is 12.0 Å². The Hall–Kier alpha value is -0.120. The summed E-state index contributed by atoms with van der Waals surface area (Å²) in [5.74, 6) is 0.643. The highest BCUT2D eigenvalue weighted by atomic mass is 16.5. The molecule has 0 radical (unpaired) electrons. The Bertz CT molecular complexity index is 107. The van der Waals surface area contributed by atoms with Crippen molar-refractivity contribution in [1.29, 1.82) is 0 Å². The summed E-state index contributed by atoms with van der Waals surface area (Å²) in [6.45, 7) is 5.72. The van der Waals surface area contributed by atoms with Crippen LogP contribution in [-0.2, 0) is 9.47 Å². The Labute approximate surface area is 74.4 Å². The maximum atomic E-state index is 5.34. The quantitative estimate of drug-likeness (QED) is 0.662. The lowest BCUT2D eigenvalue weighted by Gasteiger charge is -2.22. The third-order valence-electron chi connectivity index (χ3n) is 2.35. The monoisotopic (exact) mass is 173 g/mol. The second-order valence-electron chi connectivity index (χ2n) is 3.24. The van der Waals surface area contributed by atoms with Gasteiger partial charge in [0.2, 0.25) is 0 Å². The van der Waals surface area contributed by atoms with E-state index in [9.17, 15) is 0 Å². The summed E-state index contributed by atoms with van der Waals surface area (Å²) >= 11 is 0. The molecule has 1 N–H and O–H groups in total. The first-order valence-corrected chi connectivity index (χ1v) is 4.68. The smallest absolute Gasteiger partial charge is 0.0619 e. The lowest BCUT2D eigenvalue weighted by atomic mass is 10.00. The van der Waals surface area contributed by atoms with E-state index >= 15 is 0 Å². The van der Waals surface area contributed by atoms with E-state index in [0.717, 1.165) is 26.4 Å². The van der Waals surface area contributed by atoms with Gasteiger partial charge in [0, 0.05) is 25.7 Å². The van der Waals surface area contributed by atoms with Gasteiger partial charge in [-0.15, -0.1) is 0 Å². The van der Waals surface area contributed by atoms with E-state index in [-0.39, 0.29) is 0 Å². The van der Waals surface area contributed by atoms with Crippen molar-refractivity contribution in [3.63, 3.8) is 0 Å². The van der Waals surface area contributed by atoms with Gasteiger partial charge in [0.25, 0.3) is 0 Å². The fourth-order valence-electron chi connectivity index (χ4n) is 1.67. The number of hydrogen-bond donors (Lipinski definition) is 1. The fraction of sp³-hybridized carbons (Fsp3) is 1.00. The number of rotatable bonds is 5. The summed E-state index contributed by atoms with van der Waals surface area (Å²) in [7, 11) is 1.75. The fourth-order valence-corrected chi connectivity index (χ4v) is 1.67. The number of methoxy groups -OCH3 is 1. The van der Waals surface area contributed by atoms with Crippen molar-refractivity contribution in [1.82, 2.24) is 5.32 Å². The van der Waals surface area contributed by atoms with Gasteiger partial charge in [-0.3, -0.25) is 0 Å². The summed E-state index contributed by atoms with van der Waals surface area (Å²) < 4.78 is 10.5. The van der Waals surface area contributed by atoms with Gasteiger partial charge >= 0.3 is 0 Å². The molecule has 1 aliphatic rings. The van der Waals surface area contributed by atoms with Crippen molar-refractivity contribution in [3.05, 3.63) is 0 Å². The average molecular weight is 173 g/mol. The SMILES string of the molecule is CCNC(COC)C1CCOC1. The van der Waals surface area contributed by atoms with Gasteiger partial charge in [0.15, 0.2) is 0 Å². The molecule has 0 amide bonds. The van der Waals surface area contributed by atoms with Crippen molar-refractivity contribution in [2.24, 2.45) is 5.92 Å². The Morgan fingerprint density at radius 2 is 2.50 bits per heavy atom. The molecule has 2 atom stereocenters. The van der Waals surface area contributed by atoms with Crippen molar-refractivity contribution in [2.45, 2.75) is 19.4 Å². The highest BCUT2D eigenvalue weighted by Crippen LogP contribution is 2.16. The van der Waals surface area contributed by atoms with E-state index in [4.69, 9.17) is 9.47 Å². The molecule has 1 fully saturated rings. The van der Waals surface area contributed by atoms with Crippen LogP contribution >= 0.6 is 0 Å². The zero-order valence-corrected chi connectivity index (χ0v) is 8.01. The number of ether oxygens (including phenoxy) is 2. The van der Waals surface area contributed by atoms with Crippen LogP contribution in [0.3, 0.4) is 0 Å². The molecule has 2 unspecified atom stereocenters. The van der Waals surface area contributed by atoms with E-state index < -0.39 is 0 Å². The average Bonchev–Trinajstić information content (AvgIpc) is 2.56. The van der Waals surface area contributed by atoms with Crippen molar-refractivity contribution < 1.29 is 9.47 Å². The van der Waals surface area contributed by atoms with Crippen LogP contribution in [0.4, 0.5) is 0 Å². The Morgan fingerprint density at radius 1 is 1.67 bits per heavy atom. The molecule has 0 bridgehead atoms. The van der Waals surface area contributed by atoms with E-state index in [1.807, 2.05) is 0 Å². The minimum absolute atomic E-state index is 0.475. The highest BCUT2D eigenvalue weighted by Gasteiger charge is 2.24. The van der Waals surface area contributed by atoms with E-state index in [2.05, 4.69) is 12.2 Å². The molecule has 0 aliphatic carbocycles.